The minimum absolute atomic E-state index is 0.0765. The smallest absolute Gasteiger partial charge is 0.0836 e. The van der Waals surface area contributed by atoms with Crippen molar-refractivity contribution in [3.8, 4) is 0 Å². The molecule has 0 aliphatic heterocycles. The molecule has 0 bridgehead atoms. The zero-order chi connectivity index (χ0) is 9.90. The molecule has 0 saturated carbocycles. The molecule has 0 aromatic carbocycles. The molecule has 0 amide bonds. The van der Waals surface area contributed by atoms with Gasteiger partial charge >= 0.3 is 0 Å². The quantitative estimate of drug-likeness (QED) is 0.690. The lowest BCUT2D eigenvalue weighted by molar-refractivity contribution is 0.183. The fourth-order valence-corrected chi connectivity index (χ4v) is 1.08. The molecular formula is C9H15N3O. The number of nitrogens with zero attached hydrogens (tertiary/aromatic N) is 3. The molecule has 4 heteroatoms. The summed E-state index contributed by atoms with van der Waals surface area (Å²) in [5.74, 6) is 0. The van der Waals surface area contributed by atoms with Gasteiger partial charge in [-0.05, 0) is 0 Å². The Morgan fingerprint density at radius 1 is 1.77 bits per heavy atom. The molecule has 1 rings (SSSR count). The van der Waals surface area contributed by atoms with Crippen LogP contribution in [0.3, 0.4) is 0 Å². The van der Waals surface area contributed by atoms with Crippen LogP contribution in [-0.4, -0.2) is 26.7 Å². The maximum Gasteiger partial charge on any atom is 0.0836 e. The molecule has 4 nitrogen and oxygen atoms in total. The maximum atomic E-state index is 9.13. The fraction of sp³-hybridized carbons (Fsp3) is 0.556. The molecule has 1 N–H and O–H groups in total. The van der Waals surface area contributed by atoms with Crippen molar-refractivity contribution < 1.29 is 5.11 Å². The van der Waals surface area contributed by atoms with Crippen molar-refractivity contribution >= 4 is 0 Å². The Bertz CT molecular complexity index is 295. The van der Waals surface area contributed by atoms with Crippen molar-refractivity contribution in [2.75, 3.05) is 6.61 Å². The van der Waals surface area contributed by atoms with Crippen molar-refractivity contribution in [3.05, 3.63) is 24.5 Å². The first kappa shape index (κ1) is 9.92. The Morgan fingerprint density at radius 2 is 2.46 bits per heavy atom. The lowest BCUT2D eigenvalue weighted by atomic mass is 9.87. The van der Waals surface area contributed by atoms with E-state index >= 15 is 0 Å². The predicted molar refractivity (Wildman–Crippen MR) is 50.1 cm³/mol. The number of aliphatic hydroxyl groups excluding tert-OH is 1. The summed E-state index contributed by atoms with van der Waals surface area (Å²) >= 11 is 0. The van der Waals surface area contributed by atoms with Gasteiger partial charge in [0, 0.05) is 25.1 Å². The molecule has 72 valence electrons. The highest BCUT2D eigenvalue weighted by Gasteiger charge is 2.20. The Morgan fingerprint density at radius 3 is 2.85 bits per heavy atom. The fourth-order valence-electron chi connectivity index (χ4n) is 1.08. The zero-order valence-corrected chi connectivity index (χ0v) is 8.06. The molecule has 1 aromatic heterocycles. The van der Waals surface area contributed by atoms with Gasteiger partial charge in [0.05, 0.1) is 12.3 Å². The van der Waals surface area contributed by atoms with E-state index in [1.54, 1.807) is 10.8 Å². The highest BCUT2D eigenvalue weighted by molar-refractivity contribution is 5.03. The highest BCUT2D eigenvalue weighted by atomic mass is 16.3. The van der Waals surface area contributed by atoms with E-state index in [9.17, 15) is 0 Å². The lowest BCUT2D eigenvalue weighted by Crippen LogP contribution is -2.21. The van der Waals surface area contributed by atoms with Gasteiger partial charge < -0.3 is 5.11 Å². The van der Waals surface area contributed by atoms with E-state index in [2.05, 4.69) is 16.9 Å². The summed E-state index contributed by atoms with van der Waals surface area (Å²) in [6.45, 7) is 5.71. The van der Waals surface area contributed by atoms with Crippen LogP contribution in [0.2, 0.25) is 0 Å². The minimum Gasteiger partial charge on any atom is -0.395 e. The SMILES string of the molecule is C=CC(C)(CO)Cc1cn(C)nn1. The first-order chi connectivity index (χ1) is 6.09. The average molecular weight is 181 g/mol. The Hall–Kier alpha value is -1.16. The maximum absolute atomic E-state index is 9.13. The van der Waals surface area contributed by atoms with Crippen molar-refractivity contribution in [1.82, 2.24) is 15.0 Å². The van der Waals surface area contributed by atoms with Crippen molar-refractivity contribution in [2.24, 2.45) is 12.5 Å². The van der Waals surface area contributed by atoms with E-state index in [-0.39, 0.29) is 12.0 Å². The van der Waals surface area contributed by atoms with Crippen LogP contribution >= 0.6 is 0 Å². The summed E-state index contributed by atoms with van der Waals surface area (Å²) < 4.78 is 1.65. The average Bonchev–Trinajstić information content (AvgIpc) is 2.51. The van der Waals surface area contributed by atoms with Crippen LogP contribution in [-0.2, 0) is 13.5 Å². The molecule has 0 fully saturated rings. The number of rotatable bonds is 4. The summed E-state index contributed by atoms with van der Waals surface area (Å²) in [6.07, 6.45) is 4.26. The molecule has 1 atom stereocenters. The number of hydrogen-bond acceptors (Lipinski definition) is 3. The van der Waals surface area contributed by atoms with Crippen LogP contribution in [0.4, 0.5) is 0 Å². The molecular weight excluding hydrogens is 166 g/mol. The van der Waals surface area contributed by atoms with Gasteiger partial charge in [0.1, 0.15) is 0 Å². The molecule has 1 aromatic rings. The predicted octanol–water partition coefficient (Wildman–Crippen LogP) is 0.542. The number of aryl methyl sites for hydroxylation is 1. The van der Waals surface area contributed by atoms with Crippen LogP contribution in [0.25, 0.3) is 0 Å². The van der Waals surface area contributed by atoms with E-state index in [0.29, 0.717) is 6.42 Å². The topological polar surface area (TPSA) is 50.9 Å². The molecule has 0 aliphatic rings. The molecule has 0 aliphatic carbocycles. The Kier molecular flexibility index (Phi) is 2.83. The number of aliphatic hydroxyl groups is 1. The summed E-state index contributed by atoms with van der Waals surface area (Å²) in [4.78, 5) is 0. The molecule has 0 saturated heterocycles. The van der Waals surface area contributed by atoms with Crippen molar-refractivity contribution in [2.45, 2.75) is 13.3 Å². The van der Waals surface area contributed by atoms with E-state index in [1.165, 1.54) is 0 Å². The number of hydrogen-bond donors (Lipinski definition) is 1. The van der Waals surface area contributed by atoms with Crippen LogP contribution < -0.4 is 0 Å². The largest absolute Gasteiger partial charge is 0.395 e. The second-order valence-electron chi connectivity index (χ2n) is 3.58. The van der Waals surface area contributed by atoms with Crippen LogP contribution in [0, 0.1) is 5.41 Å². The second-order valence-corrected chi connectivity index (χ2v) is 3.58. The summed E-state index contributed by atoms with van der Waals surface area (Å²) in [5, 5.41) is 16.9. The molecule has 1 heterocycles. The van der Waals surface area contributed by atoms with E-state index in [1.807, 2.05) is 20.2 Å². The van der Waals surface area contributed by atoms with Crippen molar-refractivity contribution in [1.29, 1.82) is 0 Å². The lowest BCUT2D eigenvalue weighted by Gasteiger charge is -2.20. The third kappa shape index (κ3) is 2.39. The third-order valence-corrected chi connectivity index (χ3v) is 2.09. The van der Waals surface area contributed by atoms with Crippen LogP contribution in [0.5, 0.6) is 0 Å². The van der Waals surface area contributed by atoms with Gasteiger partial charge in [-0.2, -0.15) is 0 Å². The molecule has 13 heavy (non-hydrogen) atoms. The van der Waals surface area contributed by atoms with E-state index < -0.39 is 0 Å². The van der Waals surface area contributed by atoms with E-state index in [4.69, 9.17) is 5.11 Å². The minimum atomic E-state index is -0.296. The monoisotopic (exact) mass is 181 g/mol. The van der Waals surface area contributed by atoms with Gasteiger partial charge in [-0.1, -0.05) is 18.2 Å². The third-order valence-electron chi connectivity index (χ3n) is 2.09. The van der Waals surface area contributed by atoms with Crippen molar-refractivity contribution in [3.63, 3.8) is 0 Å². The molecule has 0 radical (unpaired) electrons. The van der Waals surface area contributed by atoms with Gasteiger partial charge in [0.2, 0.25) is 0 Å². The van der Waals surface area contributed by atoms with Gasteiger partial charge in [-0.15, -0.1) is 11.7 Å². The summed E-state index contributed by atoms with van der Waals surface area (Å²) in [7, 11) is 1.82. The Balaban J connectivity index is 2.72. The van der Waals surface area contributed by atoms with Gasteiger partial charge in [0.15, 0.2) is 0 Å². The molecule has 1 unspecified atom stereocenters. The number of aromatic nitrogens is 3. The molecule has 0 spiro atoms. The second kappa shape index (κ2) is 3.70. The van der Waals surface area contributed by atoms with Gasteiger partial charge in [-0.25, -0.2) is 0 Å². The van der Waals surface area contributed by atoms with Gasteiger partial charge in [0.25, 0.3) is 0 Å². The summed E-state index contributed by atoms with van der Waals surface area (Å²) in [5.41, 5.74) is 0.578. The van der Waals surface area contributed by atoms with Crippen LogP contribution in [0.1, 0.15) is 12.6 Å². The van der Waals surface area contributed by atoms with E-state index in [0.717, 1.165) is 5.69 Å². The van der Waals surface area contributed by atoms with Gasteiger partial charge in [-0.3, -0.25) is 4.68 Å². The van der Waals surface area contributed by atoms with Crippen LogP contribution in [0.15, 0.2) is 18.9 Å². The first-order valence-electron chi connectivity index (χ1n) is 4.19. The standard InChI is InChI=1S/C9H15N3O/c1-4-9(2,7-13)5-8-6-12(3)11-10-8/h4,6,13H,1,5,7H2,2-3H3. The first-order valence-corrected chi connectivity index (χ1v) is 4.19. The highest BCUT2D eigenvalue weighted by Crippen LogP contribution is 2.21. The Labute approximate surface area is 77.9 Å². The zero-order valence-electron chi connectivity index (χ0n) is 8.06. The normalized spacial score (nSPS) is 15.3. The summed E-state index contributed by atoms with van der Waals surface area (Å²) in [6, 6.07) is 0.